The van der Waals surface area contributed by atoms with Crippen LogP contribution in [0.2, 0.25) is 0 Å². The van der Waals surface area contributed by atoms with Crippen molar-refractivity contribution in [2.45, 2.75) is 0 Å². The van der Waals surface area contributed by atoms with Crippen LogP contribution in [0.25, 0.3) is 45.6 Å². The van der Waals surface area contributed by atoms with Crippen LogP contribution in [0.3, 0.4) is 0 Å². The van der Waals surface area contributed by atoms with Gasteiger partial charge < -0.3 is 9.80 Å². The maximum absolute atomic E-state index is 10.5. The molecule has 7 aromatic carbocycles. The minimum Gasteiger partial charge on any atom is -0.311 e. The Morgan fingerprint density at radius 2 is 0.677 bits per heavy atom. The van der Waals surface area contributed by atoms with Crippen LogP contribution in [0, 0.1) is 22.7 Å². The topological polar surface area (TPSA) is 54.1 Å². The summed E-state index contributed by atoms with van der Waals surface area (Å²) in [5, 5.41) is 25.1. The molecular formula is C56H38N4S2. The molecule has 294 valence electrons. The normalized spacial score (nSPS) is 11.4. The first-order valence-corrected chi connectivity index (χ1v) is 21.9. The fourth-order valence-corrected chi connectivity index (χ4v) is 9.03. The number of rotatable bonds is 12. The molecule has 6 heteroatoms. The van der Waals surface area contributed by atoms with Gasteiger partial charge in [-0.1, -0.05) is 109 Å². The SMILES string of the molecule is N#C/C(=C\c1cc(-c2ccc(N(c3ccccc3)c3ccccc3)cc2)c(/C=C(\C#N)c2cccs2)cc1-c1ccc(N(c2ccccc2)c2ccccc2)cc1)c1cccs1. The van der Waals surface area contributed by atoms with Crippen LogP contribution in [-0.2, 0) is 0 Å². The maximum Gasteiger partial charge on any atom is 0.101 e. The maximum atomic E-state index is 10.5. The first-order chi connectivity index (χ1) is 30.7. The Bertz CT molecular complexity index is 2740. The standard InChI is InChI=1S/C56H38N4S2/c57-39-45(55-23-13-33-61-55)35-43-38-54(42-27-31-52(32-28-42)60(49-19-9-3-10-20-49)50-21-11-4-12-22-50)44(36-46(40-58)56-24-14-34-62-56)37-53(43)41-25-29-51(30-26-41)59(47-15-5-1-6-16-47)48-17-7-2-8-18-48/h1-38H/b45-35+,46-36+. The van der Waals surface area contributed by atoms with Crippen LogP contribution in [0.1, 0.15) is 20.9 Å². The average molecular weight is 831 g/mol. The summed E-state index contributed by atoms with van der Waals surface area (Å²) in [5.74, 6) is 0. The molecule has 0 radical (unpaired) electrons. The van der Waals surface area contributed by atoms with Crippen LogP contribution in [-0.4, -0.2) is 0 Å². The first-order valence-electron chi connectivity index (χ1n) is 20.2. The molecule has 0 unspecified atom stereocenters. The second kappa shape index (κ2) is 18.5. The molecule has 0 bridgehead atoms. The molecule has 0 saturated heterocycles. The van der Waals surface area contributed by atoms with Gasteiger partial charge in [-0.15, -0.1) is 22.7 Å². The highest BCUT2D eigenvalue weighted by atomic mass is 32.1. The van der Waals surface area contributed by atoms with Gasteiger partial charge in [0.2, 0.25) is 0 Å². The summed E-state index contributed by atoms with van der Waals surface area (Å²) in [7, 11) is 0. The third kappa shape index (κ3) is 8.52. The van der Waals surface area contributed by atoms with Gasteiger partial charge in [-0.2, -0.15) is 10.5 Å². The van der Waals surface area contributed by atoms with E-state index < -0.39 is 0 Å². The highest BCUT2D eigenvalue weighted by Crippen LogP contribution is 2.41. The van der Waals surface area contributed by atoms with Crippen molar-refractivity contribution in [2.24, 2.45) is 0 Å². The summed E-state index contributed by atoms with van der Waals surface area (Å²) in [6, 6.07) is 75.8. The Balaban J connectivity index is 1.22. The van der Waals surface area contributed by atoms with Gasteiger partial charge in [-0.25, -0.2) is 0 Å². The number of para-hydroxylation sites is 4. The van der Waals surface area contributed by atoms with Crippen LogP contribution >= 0.6 is 22.7 Å². The molecule has 2 heterocycles. The van der Waals surface area contributed by atoms with Crippen molar-refractivity contribution in [3.63, 3.8) is 0 Å². The lowest BCUT2D eigenvalue weighted by Crippen LogP contribution is -2.09. The lowest BCUT2D eigenvalue weighted by Gasteiger charge is -2.26. The Morgan fingerprint density at radius 3 is 0.952 bits per heavy atom. The molecule has 0 saturated carbocycles. The van der Waals surface area contributed by atoms with Crippen LogP contribution < -0.4 is 9.80 Å². The van der Waals surface area contributed by atoms with Crippen molar-refractivity contribution in [1.29, 1.82) is 10.5 Å². The zero-order valence-electron chi connectivity index (χ0n) is 33.5. The largest absolute Gasteiger partial charge is 0.311 e. The average Bonchev–Trinajstić information content (AvgIpc) is 4.09. The van der Waals surface area contributed by atoms with Crippen LogP contribution in [0.15, 0.2) is 217 Å². The van der Waals surface area contributed by atoms with Gasteiger partial charge in [0.25, 0.3) is 0 Å². The molecule has 2 aromatic heterocycles. The van der Waals surface area contributed by atoms with E-state index in [4.69, 9.17) is 0 Å². The van der Waals surface area contributed by atoms with Gasteiger partial charge in [0.1, 0.15) is 12.1 Å². The Hall–Kier alpha value is -8.00. The van der Waals surface area contributed by atoms with E-state index >= 15 is 0 Å². The number of anilines is 6. The summed E-state index contributed by atoms with van der Waals surface area (Å²) in [5.41, 5.74) is 13.1. The molecule has 62 heavy (non-hydrogen) atoms. The minimum atomic E-state index is 0.583. The van der Waals surface area contributed by atoms with Gasteiger partial charge in [0, 0.05) is 43.9 Å². The smallest absolute Gasteiger partial charge is 0.101 e. The van der Waals surface area contributed by atoms with Crippen molar-refractivity contribution >= 4 is 80.1 Å². The number of thiophene rings is 2. The summed E-state index contributed by atoms with van der Waals surface area (Å²) in [4.78, 5) is 6.29. The van der Waals surface area contributed by atoms with Crippen molar-refractivity contribution in [2.75, 3.05) is 9.80 Å². The molecule has 4 nitrogen and oxygen atoms in total. The van der Waals surface area contributed by atoms with E-state index in [2.05, 4.69) is 180 Å². The second-order valence-corrected chi connectivity index (χ2v) is 16.3. The van der Waals surface area contributed by atoms with Gasteiger partial charge >= 0.3 is 0 Å². The van der Waals surface area contributed by atoms with Crippen molar-refractivity contribution < 1.29 is 0 Å². The predicted molar refractivity (Wildman–Crippen MR) is 262 cm³/mol. The Kier molecular flexibility index (Phi) is 11.8. The van der Waals surface area contributed by atoms with Crippen molar-refractivity contribution in [1.82, 2.24) is 0 Å². The molecule has 0 aliphatic carbocycles. The molecule has 9 rings (SSSR count). The van der Waals surface area contributed by atoms with E-state index in [-0.39, 0.29) is 0 Å². The number of benzene rings is 7. The highest BCUT2D eigenvalue weighted by Gasteiger charge is 2.18. The number of hydrogen-bond acceptors (Lipinski definition) is 6. The highest BCUT2D eigenvalue weighted by molar-refractivity contribution is 7.11. The van der Waals surface area contributed by atoms with Gasteiger partial charge in [0.15, 0.2) is 0 Å². The van der Waals surface area contributed by atoms with E-state index in [1.165, 1.54) is 0 Å². The summed E-state index contributed by atoms with van der Waals surface area (Å²) >= 11 is 3.09. The number of hydrogen-bond donors (Lipinski definition) is 0. The molecule has 0 atom stereocenters. The molecular weight excluding hydrogens is 793 g/mol. The third-order valence-corrected chi connectivity index (χ3v) is 12.4. The fourth-order valence-electron chi connectivity index (χ4n) is 7.65. The lowest BCUT2D eigenvalue weighted by molar-refractivity contribution is 1.28. The van der Waals surface area contributed by atoms with Crippen molar-refractivity contribution in [3.8, 4) is 34.4 Å². The number of nitriles is 2. The molecule has 0 aliphatic rings. The molecule has 9 aromatic rings. The van der Waals surface area contributed by atoms with E-state index in [0.717, 1.165) is 77.3 Å². The van der Waals surface area contributed by atoms with E-state index in [9.17, 15) is 10.5 Å². The number of allylic oxidation sites excluding steroid dienone is 2. The molecule has 0 fully saturated rings. The monoisotopic (exact) mass is 830 g/mol. The van der Waals surface area contributed by atoms with Gasteiger partial charge in [-0.3, -0.25) is 0 Å². The zero-order valence-corrected chi connectivity index (χ0v) is 35.2. The Labute approximate surface area is 370 Å². The fraction of sp³-hybridized carbons (Fsp3) is 0. The van der Waals surface area contributed by atoms with Crippen molar-refractivity contribution in [3.05, 3.63) is 238 Å². The van der Waals surface area contributed by atoms with Gasteiger partial charge in [0.05, 0.1) is 11.1 Å². The van der Waals surface area contributed by atoms with E-state index in [1.807, 2.05) is 71.4 Å². The zero-order chi connectivity index (χ0) is 42.1. The van der Waals surface area contributed by atoms with Gasteiger partial charge in [-0.05, 0) is 153 Å². The summed E-state index contributed by atoms with van der Waals surface area (Å²) < 4.78 is 0. The molecule has 0 aliphatic heterocycles. The molecule has 0 spiro atoms. The van der Waals surface area contributed by atoms with E-state index in [0.29, 0.717) is 11.1 Å². The van der Waals surface area contributed by atoms with E-state index in [1.54, 1.807) is 22.7 Å². The first kappa shape index (κ1) is 39.5. The predicted octanol–water partition coefficient (Wildman–Crippen LogP) is 16.2. The molecule has 0 N–H and O–H groups in total. The number of nitrogens with zero attached hydrogens (tertiary/aromatic N) is 4. The lowest BCUT2D eigenvalue weighted by atomic mass is 9.88. The Morgan fingerprint density at radius 1 is 0.371 bits per heavy atom. The third-order valence-electron chi connectivity index (χ3n) is 10.6. The minimum absolute atomic E-state index is 0.583. The summed E-state index contributed by atoms with van der Waals surface area (Å²) in [6.45, 7) is 0. The summed E-state index contributed by atoms with van der Waals surface area (Å²) in [6.07, 6.45) is 4.00. The quantitative estimate of drug-likeness (QED) is 0.115. The van der Waals surface area contributed by atoms with Crippen LogP contribution in [0.5, 0.6) is 0 Å². The molecule has 0 amide bonds. The second-order valence-electron chi connectivity index (χ2n) is 14.4. The van der Waals surface area contributed by atoms with Crippen LogP contribution in [0.4, 0.5) is 34.1 Å².